The van der Waals surface area contributed by atoms with Crippen LogP contribution in [0.25, 0.3) is 0 Å². The molecular formula is C45H55NO8. The molecule has 0 aromatic heterocycles. The standard InChI is InChI=1S/C45H55NO8/c1-3-5-7-9-31-11-23-38(24-12-31)51-42(47)33-15-17-35(18-16-33)44(49)53-40-27-28-41(37(29-40)30-46)54-45(50)36-21-19-34(20-22-36)43(48)52-39-25-13-32(14-26-39)10-8-6-4-2/h11-14,23-30,33-36,46H,3-10,15-22H2,1-2H3. The molecule has 2 fully saturated rings. The quantitative estimate of drug-likeness (QED) is 0.0628. The van der Waals surface area contributed by atoms with E-state index in [2.05, 4.69) is 13.8 Å². The number of esters is 4. The second-order valence-corrected chi connectivity index (χ2v) is 14.8. The Hall–Kier alpha value is -4.79. The van der Waals surface area contributed by atoms with Crippen LogP contribution in [0.1, 0.15) is 120 Å². The van der Waals surface area contributed by atoms with Gasteiger partial charge in [-0.15, -0.1) is 0 Å². The number of hydrogen-bond donors (Lipinski definition) is 1. The molecule has 0 saturated heterocycles. The zero-order valence-electron chi connectivity index (χ0n) is 31.8. The molecule has 0 radical (unpaired) electrons. The molecule has 288 valence electrons. The molecule has 0 bridgehead atoms. The molecule has 0 spiro atoms. The van der Waals surface area contributed by atoms with Crippen LogP contribution in [0.4, 0.5) is 0 Å². The number of unbranched alkanes of at least 4 members (excludes halogenated alkanes) is 4. The highest BCUT2D eigenvalue weighted by molar-refractivity contribution is 5.86. The summed E-state index contributed by atoms with van der Waals surface area (Å²) in [6.45, 7) is 4.36. The first-order valence-electron chi connectivity index (χ1n) is 19.9. The van der Waals surface area contributed by atoms with Gasteiger partial charge in [0.15, 0.2) is 0 Å². The number of carbonyl (C=O) groups excluding carboxylic acids is 4. The Labute approximate surface area is 319 Å². The lowest BCUT2D eigenvalue weighted by atomic mass is 9.82. The van der Waals surface area contributed by atoms with Crippen molar-refractivity contribution < 1.29 is 38.1 Å². The fraction of sp³-hybridized carbons (Fsp3) is 0.489. The predicted molar refractivity (Wildman–Crippen MR) is 207 cm³/mol. The largest absolute Gasteiger partial charge is 0.426 e. The van der Waals surface area contributed by atoms with E-state index < -0.39 is 11.9 Å². The van der Waals surface area contributed by atoms with E-state index in [1.54, 1.807) is 6.07 Å². The first-order chi connectivity index (χ1) is 26.3. The summed E-state index contributed by atoms with van der Waals surface area (Å²) in [6.07, 6.45) is 14.2. The summed E-state index contributed by atoms with van der Waals surface area (Å²) in [6, 6.07) is 20.0. The van der Waals surface area contributed by atoms with Crippen molar-refractivity contribution >= 4 is 30.1 Å². The topological polar surface area (TPSA) is 129 Å². The zero-order valence-corrected chi connectivity index (χ0v) is 31.8. The molecular weight excluding hydrogens is 682 g/mol. The van der Waals surface area contributed by atoms with E-state index in [0.29, 0.717) is 68.4 Å². The van der Waals surface area contributed by atoms with Crippen LogP contribution in [-0.4, -0.2) is 30.1 Å². The van der Waals surface area contributed by atoms with Crippen LogP contribution in [-0.2, 0) is 32.0 Å². The second-order valence-electron chi connectivity index (χ2n) is 14.8. The van der Waals surface area contributed by atoms with Crippen molar-refractivity contribution in [1.29, 1.82) is 5.41 Å². The molecule has 9 heteroatoms. The number of ether oxygens (including phenoxy) is 4. The van der Waals surface area contributed by atoms with Gasteiger partial charge in [-0.05, 0) is 131 Å². The van der Waals surface area contributed by atoms with E-state index in [-0.39, 0.29) is 47.1 Å². The lowest BCUT2D eigenvalue weighted by Crippen LogP contribution is -2.30. The van der Waals surface area contributed by atoms with E-state index in [4.69, 9.17) is 24.4 Å². The van der Waals surface area contributed by atoms with E-state index in [0.717, 1.165) is 31.9 Å². The maximum Gasteiger partial charge on any atom is 0.314 e. The third-order valence-corrected chi connectivity index (χ3v) is 10.8. The predicted octanol–water partition coefficient (Wildman–Crippen LogP) is 9.78. The molecule has 2 saturated carbocycles. The highest BCUT2D eigenvalue weighted by atomic mass is 16.5. The van der Waals surface area contributed by atoms with Crippen LogP contribution in [0.3, 0.4) is 0 Å². The highest BCUT2D eigenvalue weighted by Crippen LogP contribution is 2.34. The third kappa shape index (κ3) is 11.9. The molecule has 0 atom stereocenters. The average molecular weight is 738 g/mol. The number of aryl methyl sites for hydroxylation is 2. The highest BCUT2D eigenvalue weighted by Gasteiger charge is 2.34. The minimum absolute atomic E-state index is 0.208. The average Bonchev–Trinajstić information content (AvgIpc) is 3.20. The van der Waals surface area contributed by atoms with Crippen molar-refractivity contribution in [1.82, 2.24) is 0 Å². The van der Waals surface area contributed by atoms with Crippen molar-refractivity contribution in [3.05, 3.63) is 83.4 Å². The van der Waals surface area contributed by atoms with Crippen molar-refractivity contribution in [3.8, 4) is 23.0 Å². The minimum atomic E-state index is -0.414. The van der Waals surface area contributed by atoms with Gasteiger partial charge in [-0.2, -0.15) is 0 Å². The summed E-state index contributed by atoms with van der Waals surface area (Å²) in [5.41, 5.74) is 2.77. The van der Waals surface area contributed by atoms with Crippen LogP contribution in [0.2, 0.25) is 0 Å². The van der Waals surface area contributed by atoms with Gasteiger partial charge in [0, 0.05) is 11.8 Å². The number of rotatable bonds is 17. The van der Waals surface area contributed by atoms with Crippen LogP contribution >= 0.6 is 0 Å². The van der Waals surface area contributed by atoms with Crippen LogP contribution in [0.15, 0.2) is 66.7 Å². The smallest absolute Gasteiger partial charge is 0.314 e. The summed E-state index contributed by atoms with van der Waals surface area (Å²) in [7, 11) is 0. The van der Waals surface area contributed by atoms with Gasteiger partial charge < -0.3 is 24.4 Å². The summed E-state index contributed by atoms with van der Waals surface area (Å²) in [5, 5.41) is 7.90. The maximum absolute atomic E-state index is 13.1. The normalized spacial score (nSPS) is 19.7. The number of carbonyl (C=O) groups is 4. The summed E-state index contributed by atoms with van der Waals surface area (Å²) in [4.78, 5) is 51.8. The molecule has 54 heavy (non-hydrogen) atoms. The van der Waals surface area contributed by atoms with Crippen LogP contribution in [0, 0.1) is 29.1 Å². The molecule has 0 aliphatic heterocycles. The molecule has 9 nitrogen and oxygen atoms in total. The zero-order chi connectivity index (χ0) is 38.3. The Morgan fingerprint density at radius 1 is 0.519 bits per heavy atom. The Bertz CT molecular complexity index is 1700. The monoisotopic (exact) mass is 737 g/mol. The van der Waals surface area contributed by atoms with E-state index in [9.17, 15) is 19.2 Å². The number of benzene rings is 3. The van der Waals surface area contributed by atoms with E-state index in [1.807, 2.05) is 48.5 Å². The number of hydrogen-bond acceptors (Lipinski definition) is 9. The molecule has 1 N–H and O–H groups in total. The molecule has 0 heterocycles. The van der Waals surface area contributed by atoms with E-state index in [1.165, 1.54) is 48.9 Å². The van der Waals surface area contributed by atoms with Gasteiger partial charge in [0.05, 0.1) is 23.7 Å². The molecule has 2 aliphatic carbocycles. The van der Waals surface area contributed by atoms with Crippen molar-refractivity contribution in [2.24, 2.45) is 23.7 Å². The van der Waals surface area contributed by atoms with Gasteiger partial charge in [0.1, 0.15) is 23.0 Å². The van der Waals surface area contributed by atoms with Gasteiger partial charge in [0.25, 0.3) is 0 Å². The second kappa shape index (κ2) is 20.6. The van der Waals surface area contributed by atoms with Gasteiger partial charge >= 0.3 is 23.9 Å². The Balaban J connectivity index is 1.03. The molecule has 0 amide bonds. The molecule has 2 aliphatic rings. The summed E-state index contributed by atoms with van der Waals surface area (Å²) >= 11 is 0. The Morgan fingerprint density at radius 3 is 1.24 bits per heavy atom. The first kappa shape index (κ1) is 40.4. The Kier molecular flexibility index (Phi) is 15.4. The fourth-order valence-electron chi connectivity index (χ4n) is 7.32. The lowest BCUT2D eigenvalue weighted by Gasteiger charge is -2.26. The van der Waals surface area contributed by atoms with Crippen LogP contribution < -0.4 is 18.9 Å². The van der Waals surface area contributed by atoms with Gasteiger partial charge in [-0.25, -0.2) is 0 Å². The lowest BCUT2D eigenvalue weighted by molar-refractivity contribution is -0.145. The maximum atomic E-state index is 13.1. The number of nitrogens with one attached hydrogen (secondary N) is 1. The molecule has 0 unspecified atom stereocenters. The summed E-state index contributed by atoms with van der Waals surface area (Å²) < 4.78 is 22.7. The Morgan fingerprint density at radius 2 is 0.870 bits per heavy atom. The summed E-state index contributed by atoms with van der Waals surface area (Å²) in [5.74, 6) is -1.11. The molecule has 5 rings (SSSR count). The van der Waals surface area contributed by atoms with Crippen LogP contribution in [0.5, 0.6) is 23.0 Å². The van der Waals surface area contributed by atoms with Crippen molar-refractivity contribution in [2.45, 2.75) is 117 Å². The van der Waals surface area contributed by atoms with Gasteiger partial charge in [-0.1, -0.05) is 63.8 Å². The van der Waals surface area contributed by atoms with Gasteiger partial charge in [-0.3, -0.25) is 19.2 Å². The van der Waals surface area contributed by atoms with Gasteiger partial charge in [0.2, 0.25) is 0 Å². The first-order valence-corrected chi connectivity index (χ1v) is 19.9. The van der Waals surface area contributed by atoms with Crippen molar-refractivity contribution in [3.63, 3.8) is 0 Å². The minimum Gasteiger partial charge on any atom is -0.426 e. The van der Waals surface area contributed by atoms with E-state index >= 15 is 0 Å². The fourth-order valence-corrected chi connectivity index (χ4v) is 7.32. The van der Waals surface area contributed by atoms with Crippen molar-refractivity contribution in [2.75, 3.05) is 0 Å². The molecule has 3 aromatic rings. The third-order valence-electron chi connectivity index (χ3n) is 10.8. The molecule has 3 aromatic carbocycles. The SMILES string of the molecule is CCCCCc1ccc(OC(=O)C2CCC(C(=O)Oc3ccc(OC(=O)C4CCC(C(=O)Oc5ccc(CCCCC)cc5)CC4)c(C=N)c3)CC2)cc1.